The van der Waals surface area contributed by atoms with Gasteiger partial charge in [-0.1, -0.05) is 17.0 Å². The van der Waals surface area contributed by atoms with Crippen LogP contribution in [0.3, 0.4) is 0 Å². The summed E-state index contributed by atoms with van der Waals surface area (Å²) in [6, 6.07) is 9.11. The van der Waals surface area contributed by atoms with E-state index >= 15 is 0 Å². The monoisotopic (exact) mass is 374 g/mol. The van der Waals surface area contributed by atoms with E-state index in [-0.39, 0.29) is 0 Å². The maximum Gasteiger partial charge on any atom is 0.253 e. The van der Waals surface area contributed by atoms with Crippen molar-refractivity contribution in [2.75, 3.05) is 12.4 Å². The molecule has 0 fully saturated rings. The van der Waals surface area contributed by atoms with Crippen molar-refractivity contribution in [3.05, 3.63) is 59.7 Å². The van der Waals surface area contributed by atoms with Crippen LogP contribution in [0.4, 0.5) is 5.82 Å². The van der Waals surface area contributed by atoms with Gasteiger partial charge in [-0.2, -0.15) is 14.8 Å². The van der Waals surface area contributed by atoms with Gasteiger partial charge in [-0.05, 0) is 38.1 Å². The number of rotatable bonds is 3. The van der Waals surface area contributed by atoms with E-state index in [4.69, 9.17) is 4.52 Å². The zero-order chi connectivity index (χ0) is 19.7. The first-order chi connectivity index (χ1) is 13.5. The van der Waals surface area contributed by atoms with Crippen molar-refractivity contribution in [1.29, 1.82) is 0 Å². The third-order valence-corrected chi connectivity index (χ3v) is 4.24. The molecule has 0 aliphatic rings. The van der Waals surface area contributed by atoms with Gasteiger partial charge >= 0.3 is 0 Å². The maximum absolute atomic E-state index is 10.6. The Hall–Kier alpha value is -3.70. The lowest BCUT2D eigenvalue weighted by molar-refractivity contribution is 0.112. The molecule has 0 bridgehead atoms. The summed E-state index contributed by atoms with van der Waals surface area (Å²) in [5.74, 6) is 7.62. The van der Waals surface area contributed by atoms with Crippen LogP contribution in [0.1, 0.15) is 23.9 Å². The Labute approximate surface area is 161 Å². The first kappa shape index (κ1) is 17.7. The summed E-state index contributed by atoms with van der Waals surface area (Å²) in [5.41, 5.74) is 0.495. The fourth-order valence-electron chi connectivity index (χ4n) is 2.70. The van der Waals surface area contributed by atoms with E-state index in [0.29, 0.717) is 23.2 Å². The standard InChI is InChI=1S/C20H18N6O2/c1-13-10-17(25-28-13)20(2,27)8-6-14-4-5-15-12-23-26(16(15)11-14)19-22-9-7-18(21-3)24-19/h4-5,7,9-12,27H,1-3H3,(H,21,22,24). The van der Waals surface area contributed by atoms with Gasteiger partial charge in [0.25, 0.3) is 5.95 Å². The van der Waals surface area contributed by atoms with Crippen LogP contribution in [-0.2, 0) is 5.60 Å². The molecule has 0 radical (unpaired) electrons. The number of hydrogen-bond donors (Lipinski definition) is 2. The number of nitrogens with zero attached hydrogens (tertiary/aromatic N) is 5. The lowest BCUT2D eigenvalue weighted by Crippen LogP contribution is -2.18. The Bertz CT molecular complexity index is 1210. The quantitative estimate of drug-likeness (QED) is 0.531. The first-order valence-corrected chi connectivity index (χ1v) is 8.64. The number of anilines is 1. The minimum atomic E-state index is -1.42. The second kappa shape index (κ2) is 6.79. The van der Waals surface area contributed by atoms with E-state index in [0.717, 1.165) is 16.5 Å². The topological polar surface area (TPSA) is 102 Å². The first-order valence-electron chi connectivity index (χ1n) is 8.64. The molecule has 0 spiro atoms. The van der Waals surface area contributed by atoms with E-state index in [1.54, 1.807) is 50.1 Å². The van der Waals surface area contributed by atoms with Crippen LogP contribution in [-0.4, -0.2) is 37.1 Å². The molecule has 3 heterocycles. The van der Waals surface area contributed by atoms with Crippen molar-refractivity contribution in [2.45, 2.75) is 19.4 Å². The molecule has 1 aromatic carbocycles. The molecule has 140 valence electrons. The third-order valence-electron chi connectivity index (χ3n) is 4.24. The minimum absolute atomic E-state index is 0.376. The average molecular weight is 374 g/mol. The third kappa shape index (κ3) is 3.31. The predicted molar refractivity (Wildman–Crippen MR) is 104 cm³/mol. The smallest absolute Gasteiger partial charge is 0.253 e. The summed E-state index contributed by atoms with van der Waals surface area (Å²) in [6.07, 6.45) is 3.42. The van der Waals surface area contributed by atoms with Crippen molar-refractivity contribution >= 4 is 16.7 Å². The number of hydrogen-bond acceptors (Lipinski definition) is 7. The minimum Gasteiger partial charge on any atom is -0.373 e. The highest BCUT2D eigenvalue weighted by atomic mass is 16.5. The lowest BCUT2D eigenvalue weighted by Gasteiger charge is -2.11. The number of aromatic nitrogens is 5. The zero-order valence-electron chi connectivity index (χ0n) is 15.6. The van der Waals surface area contributed by atoms with E-state index in [1.807, 2.05) is 18.2 Å². The SMILES string of the molecule is CNc1ccnc(-n2ncc3ccc(C#CC(C)(O)c4cc(C)on4)cc32)n1. The molecule has 2 N–H and O–H groups in total. The molecule has 0 amide bonds. The Balaban J connectivity index is 1.72. The molecule has 0 saturated heterocycles. The molecule has 3 aromatic heterocycles. The molecule has 0 aliphatic heterocycles. The fourth-order valence-corrected chi connectivity index (χ4v) is 2.70. The van der Waals surface area contributed by atoms with Crippen LogP contribution in [0.15, 0.2) is 47.2 Å². The molecule has 1 atom stereocenters. The zero-order valence-corrected chi connectivity index (χ0v) is 15.6. The normalized spacial score (nSPS) is 13.0. The van der Waals surface area contributed by atoms with Crippen LogP contribution in [0.5, 0.6) is 0 Å². The Morgan fingerprint density at radius 3 is 2.86 bits per heavy atom. The van der Waals surface area contributed by atoms with E-state index in [9.17, 15) is 5.11 Å². The number of benzene rings is 1. The van der Waals surface area contributed by atoms with Crippen LogP contribution in [0, 0.1) is 18.8 Å². The Morgan fingerprint density at radius 1 is 1.25 bits per heavy atom. The van der Waals surface area contributed by atoms with Gasteiger partial charge in [0.15, 0.2) is 5.60 Å². The Kier molecular flexibility index (Phi) is 4.29. The molecule has 4 aromatic rings. The molecule has 8 heteroatoms. The van der Waals surface area contributed by atoms with Crippen molar-refractivity contribution in [1.82, 2.24) is 24.9 Å². The highest BCUT2D eigenvalue weighted by Crippen LogP contribution is 2.21. The highest BCUT2D eigenvalue weighted by molar-refractivity contribution is 5.81. The molecule has 8 nitrogen and oxygen atoms in total. The van der Waals surface area contributed by atoms with E-state index < -0.39 is 5.60 Å². The van der Waals surface area contributed by atoms with Gasteiger partial charge in [-0.3, -0.25) is 0 Å². The van der Waals surface area contributed by atoms with E-state index in [1.165, 1.54) is 0 Å². The molecule has 0 saturated carbocycles. The van der Waals surface area contributed by atoms with Crippen molar-refractivity contribution in [2.24, 2.45) is 0 Å². The lowest BCUT2D eigenvalue weighted by atomic mass is 10.0. The summed E-state index contributed by atoms with van der Waals surface area (Å²) >= 11 is 0. The van der Waals surface area contributed by atoms with Gasteiger partial charge in [-0.15, -0.1) is 0 Å². The molecule has 28 heavy (non-hydrogen) atoms. The molecule has 4 rings (SSSR count). The van der Waals surface area contributed by atoms with Gasteiger partial charge < -0.3 is 14.9 Å². The maximum atomic E-state index is 10.6. The predicted octanol–water partition coefficient (Wildman–Crippen LogP) is 2.41. The highest BCUT2D eigenvalue weighted by Gasteiger charge is 2.24. The average Bonchev–Trinajstić information content (AvgIpc) is 3.33. The number of aliphatic hydroxyl groups is 1. The van der Waals surface area contributed by atoms with E-state index in [2.05, 4.69) is 37.4 Å². The van der Waals surface area contributed by atoms with Crippen LogP contribution >= 0.6 is 0 Å². The summed E-state index contributed by atoms with van der Waals surface area (Å²) in [4.78, 5) is 8.72. The Morgan fingerprint density at radius 2 is 2.11 bits per heavy atom. The fraction of sp³-hybridized carbons (Fsp3) is 0.200. The van der Waals surface area contributed by atoms with Gasteiger partial charge in [0.1, 0.15) is 17.3 Å². The second-order valence-corrected chi connectivity index (χ2v) is 6.47. The van der Waals surface area contributed by atoms with Gasteiger partial charge in [0.05, 0.1) is 11.7 Å². The number of aryl methyl sites for hydroxylation is 1. The van der Waals surface area contributed by atoms with Crippen molar-refractivity contribution in [3.8, 4) is 17.8 Å². The van der Waals surface area contributed by atoms with Crippen molar-refractivity contribution in [3.63, 3.8) is 0 Å². The van der Waals surface area contributed by atoms with Gasteiger partial charge in [-0.25, -0.2) is 4.98 Å². The summed E-state index contributed by atoms with van der Waals surface area (Å²) in [7, 11) is 1.79. The van der Waals surface area contributed by atoms with Crippen LogP contribution in [0.25, 0.3) is 16.9 Å². The second-order valence-electron chi connectivity index (χ2n) is 6.47. The molecule has 0 aliphatic carbocycles. The van der Waals surface area contributed by atoms with Crippen molar-refractivity contribution < 1.29 is 9.63 Å². The molecule has 1 unspecified atom stereocenters. The van der Waals surface area contributed by atoms with Crippen LogP contribution < -0.4 is 5.32 Å². The van der Waals surface area contributed by atoms with Gasteiger partial charge in [0.2, 0.25) is 0 Å². The number of nitrogens with one attached hydrogen (secondary N) is 1. The number of fused-ring (bicyclic) bond motifs is 1. The largest absolute Gasteiger partial charge is 0.373 e. The summed E-state index contributed by atoms with van der Waals surface area (Å²) < 4.78 is 6.68. The van der Waals surface area contributed by atoms with Crippen LogP contribution in [0.2, 0.25) is 0 Å². The molecular formula is C20H18N6O2. The molecular weight excluding hydrogens is 356 g/mol. The van der Waals surface area contributed by atoms with Gasteiger partial charge in [0, 0.05) is 30.3 Å². The summed E-state index contributed by atoms with van der Waals surface area (Å²) in [5, 5.41) is 22.7. The summed E-state index contributed by atoms with van der Waals surface area (Å²) in [6.45, 7) is 3.34.